The molecule has 2 aromatic carbocycles. The van der Waals surface area contributed by atoms with Crippen LogP contribution < -0.4 is 10.1 Å². The maximum Gasteiger partial charge on any atom is 0.258 e. The van der Waals surface area contributed by atoms with Gasteiger partial charge in [-0.05, 0) is 42.2 Å². The fourth-order valence-electron chi connectivity index (χ4n) is 2.35. The highest BCUT2D eigenvalue weighted by molar-refractivity contribution is 6.30. The van der Waals surface area contributed by atoms with E-state index in [0.717, 1.165) is 12.0 Å². The van der Waals surface area contributed by atoms with Gasteiger partial charge in [0.15, 0.2) is 6.61 Å². The third-order valence-electron chi connectivity index (χ3n) is 3.43. The third-order valence-corrected chi connectivity index (χ3v) is 3.68. The van der Waals surface area contributed by atoms with Crippen molar-refractivity contribution in [1.29, 1.82) is 0 Å². The van der Waals surface area contributed by atoms with Crippen LogP contribution in [0.2, 0.25) is 5.02 Å². The van der Waals surface area contributed by atoms with Gasteiger partial charge in [-0.2, -0.15) is 0 Å². The predicted molar refractivity (Wildman–Crippen MR) is 93.7 cm³/mol. The topological polar surface area (TPSA) is 38.3 Å². The minimum atomic E-state index is -0.130. The number of amides is 1. The summed E-state index contributed by atoms with van der Waals surface area (Å²) in [5, 5.41) is 3.70. The fraction of sp³-hybridized carbons (Fsp3) is 0.316. The Labute approximate surface area is 142 Å². The number of carbonyl (C=O) groups excluding carboxylic acids is 1. The van der Waals surface area contributed by atoms with Crippen molar-refractivity contribution < 1.29 is 9.53 Å². The highest BCUT2D eigenvalue weighted by Crippen LogP contribution is 2.21. The lowest BCUT2D eigenvalue weighted by Gasteiger charge is -2.21. The van der Waals surface area contributed by atoms with Crippen molar-refractivity contribution in [2.75, 3.05) is 6.61 Å². The van der Waals surface area contributed by atoms with Gasteiger partial charge in [-0.1, -0.05) is 55.8 Å². The van der Waals surface area contributed by atoms with Gasteiger partial charge in [0.25, 0.3) is 5.91 Å². The number of ether oxygens (including phenoxy) is 1. The van der Waals surface area contributed by atoms with Crippen molar-refractivity contribution in [3.8, 4) is 5.75 Å². The summed E-state index contributed by atoms with van der Waals surface area (Å²) >= 11 is 5.82. The molecule has 0 spiro atoms. The molecule has 3 nitrogen and oxygen atoms in total. The Morgan fingerprint density at radius 1 is 1.09 bits per heavy atom. The molecular weight excluding hydrogens is 310 g/mol. The molecule has 122 valence electrons. The number of nitrogens with one attached hydrogen (secondary N) is 1. The largest absolute Gasteiger partial charge is 0.484 e. The van der Waals surface area contributed by atoms with Crippen molar-refractivity contribution in [3.05, 3.63) is 65.2 Å². The summed E-state index contributed by atoms with van der Waals surface area (Å²) in [6.45, 7) is 4.28. The van der Waals surface area contributed by atoms with Crippen LogP contribution in [0.3, 0.4) is 0 Å². The molecule has 4 heteroatoms. The van der Waals surface area contributed by atoms with Gasteiger partial charge in [0.2, 0.25) is 0 Å². The summed E-state index contributed by atoms with van der Waals surface area (Å²) in [6.07, 6.45) is 0.886. The Kier molecular flexibility index (Phi) is 6.48. The van der Waals surface area contributed by atoms with Gasteiger partial charge in [-0.25, -0.2) is 0 Å². The van der Waals surface area contributed by atoms with E-state index in [0.29, 0.717) is 16.7 Å². The zero-order valence-corrected chi connectivity index (χ0v) is 14.2. The van der Waals surface area contributed by atoms with Crippen LogP contribution in [0.25, 0.3) is 0 Å². The molecule has 0 aliphatic heterocycles. The number of rotatable bonds is 7. The lowest BCUT2D eigenvalue weighted by atomic mass is 9.97. The van der Waals surface area contributed by atoms with Crippen molar-refractivity contribution in [1.82, 2.24) is 5.32 Å². The van der Waals surface area contributed by atoms with Crippen LogP contribution in [0.1, 0.15) is 31.9 Å². The van der Waals surface area contributed by atoms with Gasteiger partial charge in [-0.3, -0.25) is 4.79 Å². The van der Waals surface area contributed by atoms with E-state index in [2.05, 4.69) is 19.2 Å². The van der Waals surface area contributed by atoms with Gasteiger partial charge in [0, 0.05) is 5.02 Å². The number of carbonyl (C=O) groups is 1. The summed E-state index contributed by atoms with van der Waals surface area (Å²) < 4.78 is 5.49. The standard InChI is InChI=1S/C19H22ClNO2/c1-14(2)12-18(15-6-4-3-5-7-15)21-19(22)13-23-17-10-8-16(20)9-11-17/h3-11,14,18H,12-13H2,1-2H3,(H,21,22). The lowest BCUT2D eigenvalue weighted by Crippen LogP contribution is -2.33. The first-order chi connectivity index (χ1) is 11.0. The molecule has 1 unspecified atom stereocenters. The fourth-order valence-corrected chi connectivity index (χ4v) is 2.48. The van der Waals surface area contributed by atoms with Crippen molar-refractivity contribution in [2.45, 2.75) is 26.3 Å². The molecule has 1 amide bonds. The van der Waals surface area contributed by atoms with Crippen molar-refractivity contribution >= 4 is 17.5 Å². The van der Waals surface area contributed by atoms with E-state index < -0.39 is 0 Å². The molecule has 23 heavy (non-hydrogen) atoms. The number of hydrogen-bond acceptors (Lipinski definition) is 2. The molecule has 1 N–H and O–H groups in total. The van der Waals surface area contributed by atoms with E-state index >= 15 is 0 Å². The van der Waals surface area contributed by atoms with Crippen LogP contribution >= 0.6 is 11.6 Å². The van der Waals surface area contributed by atoms with Gasteiger partial charge < -0.3 is 10.1 Å². The van der Waals surface area contributed by atoms with Crippen LogP contribution in [-0.4, -0.2) is 12.5 Å². The zero-order chi connectivity index (χ0) is 16.7. The molecular formula is C19H22ClNO2. The average Bonchev–Trinajstić information content (AvgIpc) is 2.54. The molecule has 0 aromatic heterocycles. The first-order valence-corrected chi connectivity index (χ1v) is 8.15. The van der Waals surface area contributed by atoms with Crippen molar-refractivity contribution in [2.24, 2.45) is 5.92 Å². The van der Waals surface area contributed by atoms with Crippen LogP contribution in [0.15, 0.2) is 54.6 Å². The second-order valence-electron chi connectivity index (χ2n) is 5.90. The summed E-state index contributed by atoms with van der Waals surface area (Å²) in [4.78, 5) is 12.2. The Bertz CT molecular complexity index is 611. The molecule has 0 aliphatic carbocycles. The molecule has 0 heterocycles. The summed E-state index contributed by atoms with van der Waals surface area (Å²) in [6, 6.07) is 17.0. The average molecular weight is 332 g/mol. The van der Waals surface area contributed by atoms with Gasteiger partial charge >= 0.3 is 0 Å². The van der Waals surface area contributed by atoms with E-state index in [1.54, 1.807) is 24.3 Å². The monoisotopic (exact) mass is 331 g/mol. The number of hydrogen-bond donors (Lipinski definition) is 1. The maximum absolute atomic E-state index is 12.2. The molecule has 1 atom stereocenters. The van der Waals surface area contributed by atoms with Crippen LogP contribution in [0.4, 0.5) is 0 Å². The highest BCUT2D eigenvalue weighted by Gasteiger charge is 2.16. The normalized spacial score (nSPS) is 12.0. The molecule has 0 radical (unpaired) electrons. The molecule has 0 bridgehead atoms. The minimum Gasteiger partial charge on any atom is -0.484 e. The molecule has 0 saturated heterocycles. The number of benzene rings is 2. The van der Waals surface area contributed by atoms with Crippen molar-refractivity contribution in [3.63, 3.8) is 0 Å². The Morgan fingerprint density at radius 3 is 2.35 bits per heavy atom. The highest BCUT2D eigenvalue weighted by atomic mass is 35.5. The van der Waals surface area contributed by atoms with Gasteiger partial charge in [0.05, 0.1) is 6.04 Å². The molecule has 0 saturated carbocycles. The Morgan fingerprint density at radius 2 is 1.74 bits per heavy atom. The van der Waals surface area contributed by atoms with E-state index in [1.807, 2.05) is 30.3 Å². The van der Waals surface area contributed by atoms with E-state index in [4.69, 9.17) is 16.3 Å². The third kappa shape index (κ3) is 5.95. The second kappa shape index (κ2) is 8.59. The second-order valence-corrected chi connectivity index (χ2v) is 6.34. The summed E-state index contributed by atoms with van der Waals surface area (Å²) in [5.41, 5.74) is 1.11. The van der Waals surface area contributed by atoms with Crippen LogP contribution in [0, 0.1) is 5.92 Å². The molecule has 0 aliphatic rings. The summed E-state index contributed by atoms with van der Waals surface area (Å²) in [7, 11) is 0. The Balaban J connectivity index is 1.93. The first-order valence-electron chi connectivity index (χ1n) is 7.77. The van der Waals surface area contributed by atoms with Gasteiger partial charge in [-0.15, -0.1) is 0 Å². The minimum absolute atomic E-state index is 0.00230. The molecule has 2 rings (SSSR count). The van der Waals surface area contributed by atoms with Crippen LogP contribution in [-0.2, 0) is 4.79 Å². The maximum atomic E-state index is 12.2. The smallest absolute Gasteiger partial charge is 0.258 e. The lowest BCUT2D eigenvalue weighted by molar-refractivity contribution is -0.124. The number of halogens is 1. The van der Waals surface area contributed by atoms with Crippen LogP contribution in [0.5, 0.6) is 5.75 Å². The van der Waals surface area contributed by atoms with Gasteiger partial charge in [0.1, 0.15) is 5.75 Å². The Hall–Kier alpha value is -2.00. The summed E-state index contributed by atoms with van der Waals surface area (Å²) in [5.74, 6) is 0.983. The zero-order valence-electron chi connectivity index (χ0n) is 13.5. The SMILES string of the molecule is CC(C)CC(NC(=O)COc1ccc(Cl)cc1)c1ccccc1. The van der Waals surface area contributed by atoms with E-state index in [1.165, 1.54) is 0 Å². The predicted octanol–water partition coefficient (Wildman–Crippen LogP) is 4.62. The quantitative estimate of drug-likeness (QED) is 0.803. The first kappa shape index (κ1) is 17.4. The van der Waals surface area contributed by atoms with E-state index in [9.17, 15) is 4.79 Å². The van der Waals surface area contributed by atoms with E-state index in [-0.39, 0.29) is 18.6 Å². The molecule has 0 fully saturated rings. The molecule has 2 aromatic rings.